The number of ether oxygens (including phenoxy) is 2. The number of fused-ring (bicyclic) bond motifs is 10. The maximum absolute atomic E-state index is 14.4. The quantitative estimate of drug-likeness (QED) is 0.497. The number of esters is 2. The van der Waals surface area contributed by atoms with Crippen LogP contribution in [0.2, 0.25) is 0 Å². The summed E-state index contributed by atoms with van der Waals surface area (Å²) in [6, 6.07) is 0. The molecular weight excluding hydrogens is 468 g/mol. The van der Waals surface area contributed by atoms with Crippen molar-refractivity contribution in [3.05, 3.63) is 11.6 Å². The number of allylic oxidation sites excluding steroid dienone is 1. The van der Waals surface area contributed by atoms with Gasteiger partial charge >= 0.3 is 11.9 Å². The Morgan fingerprint density at radius 2 is 1.68 bits per heavy atom. The first kappa shape index (κ1) is 25.6. The van der Waals surface area contributed by atoms with Crippen LogP contribution in [0, 0.1) is 50.2 Å². The van der Waals surface area contributed by atoms with Gasteiger partial charge in [-0.2, -0.15) is 0 Å². The summed E-state index contributed by atoms with van der Waals surface area (Å²) in [5, 5.41) is 10.9. The number of hydrogen-bond acceptors (Lipinski definition) is 6. The maximum Gasteiger partial charge on any atom is 0.316 e. The fourth-order valence-electron chi connectivity index (χ4n) is 11.2. The minimum Gasteiger partial charge on any atom is -0.468 e. The molecule has 1 N–H and O–H groups in total. The van der Waals surface area contributed by atoms with Gasteiger partial charge in [0.15, 0.2) is 5.78 Å². The number of rotatable bonds is 1. The van der Waals surface area contributed by atoms with Crippen molar-refractivity contribution in [3.63, 3.8) is 0 Å². The third-order valence-electron chi connectivity index (χ3n) is 13.3. The number of methoxy groups -OCH3 is 1. The van der Waals surface area contributed by atoms with Crippen molar-refractivity contribution in [1.82, 2.24) is 0 Å². The first-order valence-electron chi connectivity index (χ1n) is 14.4. The molecule has 204 valence electrons. The van der Waals surface area contributed by atoms with Crippen LogP contribution in [0.4, 0.5) is 0 Å². The third kappa shape index (κ3) is 2.74. The van der Waals surface area contributed by atoms with Gasteiger partial charge in [0.05, 0.1) is 24.0 Å². The molecule has 6 heteroatoms. The number of hydrogen-bond donors (Lipinski definition) is 1. The molecule has 5 aliphatic carbocycles. The lowest BCUT2D eigenvalue weighted by atomic mass is 9.33. The first-order chi connectivity index (χ1) is 17.1. The molecule has 1 aliphatic heterocycles. The van der Waals surface area contributed by atoms with Gasteiger partial charge in [-0.3, -0.25) is 14.4 Å². The monoisotopic (exact) mass is 512 g/mol. The SMILES string of the molecule is COC(=O)[C@]12CC[C@]3(C)[C@@H]4C[C@](C)(C[C@@H]3C1=CC(=O)[C@H]1[C@]3(C)CC[C@H](O)C(C)(C)[C@H]3CC[C@@]12C)C(=O)O4. The number of carbonyl (C=O) groups excluding carboxylic acids is 3. The Kier molecular flexibility index (Phi) is 5.03. The van der Waals surface area contributed by atoms with Crippen molar-refractivity contribution < 1.29 is 29.0 Å². The fraction of sp³-hybridized carbons (Fsp3) is 0.839. The van der Waals surface area contributed by atoms with Crippen molar-refractivity contribution >= 4 is 17.7 Å². The van der Waals surface area contributed by atoms with Crippen LogP contribution in [0.5, 0.6) is 0 Å². The molecule has 1 saturated heterocycles. The lowest BCUT2D eigenvalue weighted by Crippen LogP contribution is -2.69. The second-order valence-corrected chi connectivity index (χ2v) is 15.1. The zero-order valence-electron chi connectivity index (χ0n) is 23.6. The van der Waals surface area contributed by atoms with E-state index in [2.05, 4.69) is 34.6 Å². The Hall–Kier alpha value is -1.69. The molecule has 0 unspecified atom stereocenters. The maximum atomic E-state index is 14.4. The summed E-state index contributed by atoms with van der Waals surface area (Å²) < 4.78 is 11.6. The Bertz CT molecular complexity index is 1120. The van der Waals surface area contributed by atoms with Crippen LogP contribution in [0.15, 0.2) is 11.6 Å². The lowest BCUT2D eigenvalue weighted by Gasteiger charge is -2.69. The van der Waals surface area contributed by atoms with E-state index in [4.69, 9.17) is 9.47 Å². The molecule has 4 saturated carbocycles. The summed E-state index contributed by atoms with van der Waals surface area (Å²) in [5.74, 6) is -0.442. The van der Waals surface area contributed by atoms with Crippen LogP contribution in [-0.2, 0) is 23.9 Å². The molecule has 0 aromatic heterocycles. The van der Waals surface area contributed by atoms with E-state index < -0.39 is 16.2 Å². The number of ketones is 1. The van der Waals surface area contributed by atoms with Gasteiger partial charge in [-0.25, -0.2) is 0 Å². The van der Waals surface area contributed by atoms with Gasteiger partial charge in [-0.1, -0.05) is 34.6 Å². The zero-order chi connectivity index (χ0) is 27.0. The Labute approximate surface area is 220 Å². The highest BCUT2D eigenvalue weighted by atomic mass is 16.6. The van der Waals surface area contributed by atoms with Crippen molar-refractivity contribution in [3.8, 4) is 0 Å². The fourth-order valence-corrected chi connectivity index (χ4v) is 11.2. The number of aliphatic hydroxyl groups excluding tert-OH is 1. The van der Waals surface area contributed by atoms with E-state index >= 15 is 0 Å². The van der Waals surface area contributed by atoms with E-state index in [1.807, 2.05) is 13.0 Å². The summed E-state index contributed by atoms with van der Waals surface area (Å²) in [5.41, 5.74) is -2.06. The van der Waals surface area contributed by atoms with Gasteiger partial charge in [0.2, 0.25) is 0 Å². The van der Waals surface area contributed by atoms with Crippen molar-refractivity contribution in [1.29, 1.82) is 0 Å². The van der Waals surface area contributed by atoms with Gasteiger partial charge in [0, 0.05) is 17.8 Å². The average molecular weight is 513 g/mol. The summed E-state index contributed by atoms with van der Waals surface area (Å²) in [4.78, 5) is 41.4. The van der Waals surface area contributed by atoms with Crippen LogP contribution in [0.1, 0.15) is 92.9 Å². The second-order valence-electron chi connectivity index (χ2n) is 15.1. The van der Waals surface area contributed by atoms with E-state index in [1.165, 1.54) is 7.11 Å². The molecule has 2 bridgehead atoms. The van der Waals surface area contributed by atoms with Crippen LogP contribution in [-0.4, -0.2) is 42.1 Å². The molecule has 0 aromatic carbocycles. The van der Waals surface area contributed by atoms with E-state index in [0.717, 1.165) is 31.3 Å². The Morgan fingerprint density at radius 1 is 0.973 bits per heavy atom. The van der Waals surface area contributed by atoms with Crippen LogP contribution < -0.4 is 0 Å². The van der Waals surface area contributed by atoms with Crippen LogP contribution >= 0.6 is 0 Å². The summed E-state index contributed by atoms with van der Waals surface area (Å²) >= 11 is 0. The smallest absolute Gasteiger partial charge is 0.316 e. The first-order valence-corrected chi connectivity index (χ1v) is 14.4. The molecule has 10 atom stereocenters. The van der Waals surface area contributed by atoms with Crippen molar-refractivity contribution in [2.75, 3.05) is 7.11 Å². The lowest BCUT2D eigenvalue weighted by molar-refractivity contribution is -0.214. The number of aliphatic hydroxyl groups is 1. The molecule has 0 radical (unpaired) electrons. The molecule has 6 nitrogen and oxygen atoms in total. The summed E-state index contributed by atoms with van der Waals surface area (Å²) in [6.07, 6.45) is 7.00. The van der Waals surface area contributed by atoms with E-state index in [0.29, 0.717) is 25.7 Å². The highest BCUT2D eigenvalue weighted by molar-refractivity contribution is 5.99. The zero-order valence-corrected chi connectivity index (χ0v) is 23.6. The van der Waals surface area contributed by atoms with E-state index in [9.17, 15) is 19.5 Å². The highest BCUT2D eigenvalue weighted by Crippen LogP contribution is 2.76. The summed E-state index contributed by atoms with van der Waals surface area (Å²) in [7, 11) is 1.48. The molecule has 5 fully saturated rings. The van der Waals surface area contributed by atoms with Crippen molar-refractivity contribution in [2.45, 2.75) is 105 Å². The van der Waals surface area contributed by atoms with Gasteiger partial charge in [-0.05, 0) is 91.6 Å². The number of carbonyl (C=O) groups is 3. The average Bonchev–Trinajstić information content (AvgIpc) is 3.08. The van der Waals surface area contributed by atoms with Gasteiger partial charge in [0.1, 0.15) is 6.10 Å². The van der Waals surface area contributed by atoms with Gasteiger partial charge in [0.25, 0.3) is 0 Å². The molecule has 37 heavy (non-hydrogen) atoms. The molecule has 0 aromatic rings. The topological polar surface area (TPSA) is 89.9 Å². The molecule has 0 spiro atoms. The van der Waals surface area contributed by atoms with Gasteiger partial charge in [-0.15, -0.1) is 0 Å². The molecular formula is C31H44O6. The highest BCUT2D eigenvalue weighted by Gasteiger charge is 2.75. The minimum absolute atomic E-state index is 0.0765. The van der Waals surface area contributed by atoms with Gasteiger partial charge < -0.3 is 14.6 Å². The third-order valence-corrected chi connectivity index (χ3v) is 13.3. The molecule has 6 rings (SSSR count). The second kappa shape index (κ2) is 7.28. The van der Waals surface area contributed by atoms with E-state index in [1.54, 1.807) is 0 Å². The van der Waals surface area contributed by atoms with Crippen molar-refractivity contribution in [2.24, 2.45) is 50.2 Å². The Morgan fingerprint density at radius 3 is 2.35 bits per heavy atom. The van der Waals surface area contributed by atoms with Crippen LogP contribution in [0.3, 0.4) is 0 Å². The predicted molar refractivity (Wildman–Crippen MR) is 137 cm³/mol. The normalized spacial score (nSPS) is 53.6. The molecule has 1 heterocycles. The minimum atomic E-state index is -0.894. The largest absolute Gasteiger partial charge is 0.468 e. The molecule has 0 amide bonds. The molecule has 6 aliphatic rings. The summed E-state index contributed by atoms with van der Waals surface area (Å²) in [6.45, 7) is 12.9. The Balaban J connectivity index is 1.55. The van der Waals surface area contributed by atoms with Crippen LogP contribution in [0.25, 0.3) is 0 Å². The predicted octanol–water partition coefficient (Wildman–Crippen LogP) is 5.02. The van der Waals surface area contributed by atoms with E-state index in [-0.39, 0.29) is 63.9 Å². The standard InChI is InChI=1S/C31H44O6/c1-26(2)20-8-11-30(6)23(29(20,5)10-9-21(26)33)19(32)14-17-18-15-27(3)16-22(37-24(27)34)28(18,4)12-13-31(17,30)25(35)36-7/h14,18,20-23,33H,8-13,15-16H2,1-7H3/t18-,20-,21+,22+,23+,27+,28+,29-,30+,31+/m1/s1.